The summed E-state index contributed by atoms with van der Waals surface area (Å²) in [4.78, 5) is 8.92. The van der Waals surface area contributed by atoms with Gasteiger partial charge < -0.3 is 0 Å². The second-order valence-electron chi connectivity index (χ2n) is 3.75. The van der Waals surface area contributed by atoms with E-state index in [-0.39, 0.29) is 0 Å². The molecule has 0 N–H and O–H groups in total. The van der Waals surface area contributed by atoms with Gasteiger partial charge in [0.15, 0.2) is 0 Å². The first kappa shape index (κ1) is 12.8. The molecule has 0 aliphatic carbocycles. The van der Waals surface area contributed by atoms with Crippen molar-refractivity contribution in [3.8, 4) is 0 Å². The van der Waals surface area contributed by atoms with E-state index < -0.39 is 0 Å². The molecule has 0 spiro atoms. The van der Waals surface area contributed by atoms with Crippen LogP contribution >= 0.6 is 23.4 Å². The number of hydrogen-bond acceptors (Lipinski definition) is 3. The lowest BCUT2D eigenvalue weighted by molar-refractivity contribution is 0.744. The van der Waals surface area contributed by atoms with Gasteiger partial charge in [-0.05, 0) is 19.4 Å². The van der Waals surface area contributed by atoms with Gasteiger partial charge in [-0.3, -0.25) is 0 Å². The number of rotatable bonds is 5. The van der Waals surface area contributed by atoms with E-state index in [0.29, 0.717) is 11.8 Å². The number of halogens is 1. The maximum absolute atomic E-state index is 5.63. The fourth-order valence-corrected chi connectivity index (χ4v) is 2.33. The van der Waals surface area contributed by atoms with E-state index in [0.717, 1.165) is 28.7 Å². The van der Waals surface area contributed by atoms with E-state index >= 15 is 0 Å². The van der Waals surface area contributed by atoms with Crippen LogP contribution in [0.2, 0.25) is 0 Å². The zero-order valence-electron chi connectivity index (χ0n) is 9.46. The minimum absolute atomic E-state index is 0.386. The zero-order chi connectivity index (χ0) is 11.3. The van der Waals surface area contributed by atoms with Gasteiger partial charge in [-0.25, -0.2) is 9.97 Å². The van der Waals surface area contributed by atoms with E-state index in [9.17, 15) is 0 Å². The SMILES string of the molecule is Cc1cc(SCCCCl)nc(C(C)C)n1. The van der Waals surface area contributed by atoms with Crippen molar-refractivity contribution in [1.82, 2.24) is 9.97 Å². The highest BCUT2D eigenvalue weighted by atomic mass is 35.5. The maximum Gasteiger partial charge on any atom is 0.132 e. The van der Waals surface area contributed by atoms with Gasteiger partial charge in [-0.1, -0.05) is 13.8 Å². The van der Waals surface area contributed by atoms with Gasteiger partial charge in [0, 0.05) is 23.2 Å². The average molecular weight is 245 g/mol. The highest BCUT2D eigenvalue weighted by Crippen LogP contribution is 2.19. The molecule has 0 aromatic carbocycles. The van der Waals surface area contributed by atoms with Crippen LogP contribution in [0.4, 0.5) is 0 Å². The quantitative estimate of drug-likeness (QED) is 0.342. The average Bonchev–Trinajstić information content (AvgIpc) is 2.17. The summed E-state index contributed by atoms with van der Waals surface area (Å²) in [6, 6.07) is 2.03. The smallest absolute Gasteiger partial charge is 0.132 e. The van der Waals surface area contributed by atoms with Crippen LogP contribution < -0.4 is 0 Å². The van der Waals surface area contributed by atoms with Crippen molar-refractivity contribution >= 4 is 23.4 Å². The third kappa shape index (κ3) is 4.39. The molecule has 0 fully saturated rings. The van der Waals surface area contributed by atoms with Crippen LogP contribution in [0.15, 0.2) is 11.1 Å². The molecule has 15 heavy (non-hydrogen) atoms. The summed E-state index contributed by atoms with van der Waals surface area (Å²) in [6.07, 6.45) is 1.02. The van der Waals surface area contributed by atoms with Crippen LogP contribution in [0.5, 0.6) is 0 Å². The summed E-state index contributed by atoms with van der Waals surface area (Å²) in [7, 11) is 0. The van der Waals surface area contributed by atoms with Crippen LogP contribution in [0, 0.1) is 6.92 Å². The van der Waals surface area contributed by atoms with Crippen molar-refractivity contribution in [3.63, 3.8) is 0 Å². The summed E-state index contributed by atoms with van der Waals surface area (Å²) in [5, 5.41) is 1.07. The fraction of sp³-hybridized carbons (Fsp3) is 0.636. The Morgan fingerprint density at radius 1 is 1.40 bits per heavy atom. The molecule has 0 amide bonds. The molecular weight excluding hydrogens is 228 g/mol. The van der Waals surface area contributed by atoms with E-state index in [4.69, 9.17) is 11.6 Å². The van der Waals surface area contributed by atoms with Crippen LogP contribution in [-0.2, 0) is 0 Å². The zero-order valence-corrected chi connectivity index (χ0v) is 11.0. The lowest BCUT2D eigenvalue weighted by atomic mass is 10.2. The molecule has 0 saturated carbocycles. The van der Waals surface area contributed by atoms with Crippen molar-refractivity contribution in [3.05, 3.63) is 17.6 Å². The van der Waals surface area contributed by atoms with Crippen molar-refractivity contribution in [2.45, 2.75) is 38.1 Å². The first-order valence-electron chi connectivity index (χ1n) is 5.18. The fourth-order valence-electron chi connectivity index (χ4n) is 1.13. The van der Waals surface area contributed by atoms with E-state index in [1.54, 1.807) is 11.8 Å². The number of alkyl halides is 1. The molecular formula is C11H17ClN2S. The molecule has 0 bridgehead atoms. The Morgan fingerprint density at radius 3 is 2.73 bits per heavy atom. The molecule has 2 nitrogen and oxygen atoms in total. The van der Waals surface area contributed by atoms with Crippen molar-refractivity contribution in [1.29, 1.82) is 0 Å². The minimum Gasteiger partial charge on any atom is -0.238 e. The lowest BCUT2D eigenvalue weighted by Gasteiger charge is -2.07. The topological polar surface area (TPSA) is 25.8 Å². The summed E-state index contributed by atoms with van der Waals surface area (Å²) in [5.74, 6) is 3.06. The standard InChI is InChI=1S/C11H17ClN2S/c1-8(2)11-13-9(3)7-10(14-11)15-6-4-5-12/h7-8H,4-6H2,1-3H3. The van der Waals surface area contributed by atoms with Gasteiger partial charge in [0.1, 0.15) is 5.82 Å². The molecule has 1 rings (SSSR count). The van der Waals surface area contributed by atoms with E-state index in [2.05, 4.69) is 23.8 Å². The summed E-state index contributed by atoms with van der Waals surface area (Å²) in [6.45, 7) is 6.24. The maximum atomic E-state index is 5.63. The highest BCUT2D eigenvalue weighted by molar-refractivity contribution is 7.99. The Hall–Kier alpha value is -0.280. The molecule has 0 saturated heterocycles. The summed E-state index contributed by atoms with van der Waals surface area (Å²) < 4.78 is 0. The Balaban J connectivity index is 2.71. The van der Waals surface area contributed by atoms with E-state index in [1.807, 2.05) is 13.0 Å². The normalized spacial score (nSPS) is 11.0. The molecule has 0 aliphatic rings. The first-order valence-corrected chi connectivity index (χ1v) is 6.70. The molecule has 1 aromatic heterocycles. The van der Waals surface area contributed by atoms with Gasteiger partial charge in [0.2, 0.25) is 0 Å². The Morgan fingerprint density at radius 2 is 2.13 bits per heavy atom. The van der Waals surface area contributed by atoms with Crippen LogP contribution in [0.1, 0.15) is 37.7 Å². The number of aryl methyl sites for hydroxylation is 1. The molecule has 1 aromatic rings. The Labute approximate surface area is 101 Å². The van der Waals surface area contributed by atoms with Crippen LogP contribution in [0.25, 0.3) is 0 Å². The number of nitrogens with zero attached hydrogens (tertiary/aromatic N) is 2. The summed E-state index contributed by atoms with van der Waals surface area (Å²) >= 11 is 7.39. The highest BCUT2D eigenvalue weighted by Gasteiger charge is 2.06. The monoisotopic (exact) mass is 244 g/mol. The van der Waals surface area contributed by atoms with Crippen molar-refractivity contribution < 1.29 is 0 Å². The van der Waals surface area contributed by atoms with Gasteiger partial charge in [-0.2, -0.15) is 0 Å². The van der Waals surface area contributed by atoms with Gasteiger partial charge in [0.05, 0.1) is 5.03 Å². The van der Waals surface area contributed by atoms with Crippen molar-refractivity contribution in [2.75, 3.05) is 11.6 Å². The molecule has 84 valence electrons. The van der Waals surface area contributed by atoms with Crippen LogP contribution in [-0.4, -0.2) is 21.6 Å². The van der Waals surface area contributed by atoms with E-state index in [1.165, 1.54) is 0 Å². The predicted molar refractivity (Wildman–Crippen MR) is 66.9 cm³/mol. The predicted octanol–water partition coefficient (Wildman–Crippen LogP) is 3.63. The molecule has 0 aliphatic heterocycles. The Kier molecular flexibility index (Phi) is 5.40. The molecule has 0 atom stereocenters. The third-order valence-corrected chi connectivity index (χ3v) is 3.16. The van der Waals surface area contributed by atoms with Gasteiger partial charge in [0.25, 0.3) is 0 Å². The largest absolute Gasteiger partial charge is 0.238 e. The molecule has 1 heterocycles. The molecule has 4 heteroatoms. The molecule has 0 radical (unpaired) electrons. The number of aromatic nitrogens is 2. The summed E-state index contributed by atoms with van der Waals surface area (Å²) in [5.41, 5.74) is 1.04. The third-order valence-electron chi connectivity index (χ3n) is 1.89. The first-order chi connectivity index (χ1) is 7.13. The minimum atomic E-state index is 0.386. The Bertz CT molecular complexity index is 315. The molecule has 0 unspecified atom stereocenters. The number of thioether (sulfide) groups is 1. The van der Waals surface area contributed by atoms with Gasteiger partial charge in [-0.15, -0.1) is 23.4 Å². The van der Waals surface area contributed by atoms with Crippen LogP contribution in [0.3, 0.4) is 0 Å². The second-order valence-corrected chi connectivity index (χ2v) is 5.24. The van der Waals surface area contributed by atoms with Crippen molar-refractivity contribution in [2.24, 2.45) is 0 Å². The number of hydrogen-bond donors (Lipinski definition) is 0. The second kappa shape index (κ2) is 6.33. The van der Waals surface area contributed by atoms with Gasteiger partial charge >= 0.3 is 0 Å². The lowest BCUT2D eigenvalue weighted by Crippen LogP contribution is -2.00.